The second-order valence-electron chi connectivity index (χ2n) is 5.65. The summed E-state index contributed by atoms with van der Waals surface area (Å²) in [6.45, 7) is 3.56. The molecular formula is C21H22O2. The first-order valence-electron chi connectivity index (χ1n) is 7.61. The molecule has 2 heteroatoms. The predicted molar refractivity (Wildman–Crippen MR) is 94.6 cm³/mol. The lowest BCUT2D eigenvalue weighted by Gasteiger charge is -2.16. The van der Waals surface area contributed by atoms with Crippen molar-refractivity contribution in [1.82, 2.24) is 0 Å². The third-order valence-electron chi connectivity index (χ3n) is 3.20. The van der Waals surface area contributed by atoms with E-state index in [0.717, 1.165) is 17.1 Å². The molecule has 3 rings (SSSR count). The van der Waals surface area contributed by atoms with Crippen LogP contribution in [0.25, 0.3) is 0 Å². The van der Waals surface area contributed by atoms with Crippen LogP contribution in [0.4, 0.5) is 0 Å². The Balaban J connectivity index is 0.000000174. The molecule has 0 unspecified atom stereocenters. The molecule has 0 saturated carbocycles. The minimum Gasteiger partial charge on any atom is -0.457 e. The molecule has 23 heavy (non-hydrogen) atoms. The van der Waals surface area contributed by atoms with Gasteiger partial charge in [0.2, 0.25) is 0 Å². The van der Waals surface area contributed by atoms with Crippen molar-refractivity contribution in [3.8, 4) is 11.5 Å². The second kappa shape index (κ2) is 8.16. The molecule has 0 bridgehead atoms. The molecule has 0 atom stereocenters. The van der Waals surface area contributed by atoms with Crippen LogP contribution >= 0.6 is 0 Å². The van der Waals surface area contributed by atoms with Gasteiger partial charge in [-0.15, -0.1) is 0 Å². The Morgan fingerprint density at radius 1 is 0.609 bits per heavy atom. The van der Waals surface area contributed by atoms with E-state index >= 15 is 0 Å². The number of ether oxygens (including phenoxy) is 1. The lowest BCUT2D eigenvalue weighted by atomic mass is 9.99. The van der Waals surface area contributed by atoms with Crippen molar-refractivity contribution in [2.75, 3.05) is 0 Å². The van der Waals surface area contributed by atoms with Crippen molar-refractivity contribution in [3.05, 3.63) is 96.6 Å². The summed E-state index contributed by atoms with van der Waals surface area (Å²) < 4.78 is 5.58. The molecule has 0 aromatic heterocycles. The van der Waals surface area contributed by atoms with Gasteiger partial charge in [-0.3, -0.25) is 0 Å². The molecule has 0 aliphatic heterocycles. The van der Waals surface area contributed by atoms with Gasteiger partial charge in [0.05, 0.1) is 5.60 Å². The highest BCUT2D eigenvalue weighted by molar-refractivity contribution is 5.30. The molecule has 0 aliphatic rings. The highest BCUT2D eigenvalue weighted by Crippen LogP contribution is 2.19. The van der Waals surface area contributed by atoms with Crippen LogP contribution in [-0.4, -0.2) is 5.11 Å². The van der Waals surface area contributed by atoms with Crippen LogP contribution in [0.2, 0.25) is 0 Å². The molecule has 0 radical (unpaired) electrons. The van der Waals surface area contributed by atoms with Gasteiger partial charge in [-0.05, 0) is 43.7 Å². The zero-order chi connectivity index (χ0) is 16.5. The first-order valence-corrected chi connectivity index (χ1v) is 7.61. The fourth-order valence-corrected chi connectivity index (χ4v) is 1.96. The fourth-order valence-electron chi connectivity index (χ4n) is 1.96. The summed E-state index contributed by atoms with van der Waals surface area (Å²) >= 11 is 0. The van der Waals surface area contributed by atoms with Gasteiger partial charge >= 0.3 is 0 Å². The van der Waals surface area contributed by atoms with E-state index in [1.54, 1.807) is 13.8 Å². The Labute approximate surface area is 138 Å². The summed E-state index contributed by atoms with van der Waals surface area (Å²) in [6.07, 6.45) is 0. The molecule has 0 spiro atoms. The Kier molecular flexibility index (Phi) is 5.95. The normalized spacial score (nSPS) is 10.4. The minimum atomic E-state index is -0.707. The lowest BCUT2D eigenvalue weighted by Crippen LogP contribution is -2.14. The van der Waals surface area contributed by atoms with Crippen LogP contribution in [0.3, 0.4) is 0 Å². The molecule has 3 aromatic rings. The average molecular weight is 306 g/mol. The lowest BCUT2D eigenvalue weighted by molar-refractivity contribution is 0.0786. The average Bonchev–Trinajstić information content (AvgIpc) is 2.57. The molecule has 2 nitrogen and oxygen atoms in total. The number of aliphatic hydroxyl groups is 1. The second-order valence-corrected chi connectivity index (χ2v) is 5.65. The Morgan fingerprint density at radius 2 is 0.957 bits per heavy atom. The maximum absolute atomic E-state index is 9.49. The summed E-state index contributed by atoms with van der Waals surface area (Å²) in [7, 11) is 0. The van der Waals surface area contributed by atoms with E-state index in [4.69, 9.17) is 4.74 Å². The van der Waals surface area contributed by atoms with Gasteiger partial charge in [0.1, 0.15) is 11.5 Å². The van der Waals surface area contributed by atoms with Crippen LogP contribution < -0.4 is 4.74 Å². The number of rotatable bonds is 3. The zero-order valence-corrected chi connectivity index (χ0v) is 13.5. The van der Waals surface area contributed by atoms with Crippen molar-refractivity contribution >= 4 is 0 Å². The third-order valence-corrected chi connectivity index (χ3v) is 3.20. The summed E-state index contributed by atoms with van der Waals surface area (Å²) in [5.74, 6) is 1.74. The van der Waals surface area contributed by atoms with Crippen molar-refractivity contribution in [3.63, 3.8) is 0 Å². The van der Waals surface area contributed by atoms with Crippen LogP contribution in [0.1, 0.15) is 19.4 Å². The molecule has 118 valence electrons. The van der Waals surface area contributed by atoms with E-state index in [1.165, 1.54) is 0 Å². The van der Waals surface area contributed by atoms with Crippen LogP contribution in [0.15, 0.2) is 91.0 Å². The van der Waals surface area contributed by atoms with Gasteiger partial charge in [-0.25, -0.2) is 0 Å². The van der Waals surface area contributed by atoms with E-state index in [2.05, 4.69) is 0 Å². The van der Waals surface area contributed by atoms with Gasteiger partial charge < -0.3 is 9.84 Å². The summed E-state index contributed by atoms with van der Waals surface area (Å²) in [6, 6.07) is 29.1. The molecule has 0 saturated heterocycles. The standard InChI is InChI=1S/C12H10O.C9H12O/c1-3-7-11(8-4-1)13-12-9-5-2-6-10-12;1-9(2,10)8-6-4-3-5-7-8/h1-10H;3-7,10H,1-2H3. The maximum Gasteiger partial charge on any atom is 0.127 e. The van der Waals surface area contributed by atoms with Gasteiger partial charge in [-0.1, -0.05) is 66.7 Å². The molecule has 0 fully saturated rings. The monoisotopic (exact) mass is 306 g/mol. The van der Waals surface area contributed by atoms with Crippen LogP contribution in [-0.2, 0) is 5.60 Å². The predicted octanol–water partition coefficient (Wildman–Crippen LogP) is 5.39. The first kappa shape index (κ1) is 16.8. The highest BCUT2D eigenvalue weighted by Gasteiger charge is 2.13. The Bertz CT molecular complexity index is 634. The van der Waals surface area contributed by atoms with Crippen molar-refractivity contribution in [2.45, 2.75) is 19.4 Å². The molecule has 3 aromatic carbocycles. The highest BCUT2D eigenvalue weighted by atomic mass is 16.5. The fraction of sp³-hybridized carbons (Fsp3) is 0.143. The summed E-state index contributed by atoms with van der Waals surface area (Å²) in [4.78, 5) is 0. The van der Waals surface area contributed by atoms with Gasteiger partial charge in [-0.2, -0.15) is 0 Å². The number of hydrogen-bond donors (Lipinski definition) is 1. The van der Waals surface area contributed by atoms with Gasteiger partial charge in [0.15, 0.2) is 0 Å². The minimum absolute atomic E-state index is 0.707. The van der Waals surface area contributed by atoms with Crippen molar-refractivity contribution in [1.29, 1.82) is 0 Å². The number of benzene rings is 3. The quantitative estimate of drug-likeness (QED) is 0.702. The van der Waals surface area contributed by atoms with Crippen molar-refractivity contribution in [2.24, 2.45) is 0 Å². The van der Waals surface area contributed by atoms with E-state index in [9.17, 15) is 5.11 Å². The maximum atomic E-state index is 9.49. The zero-order valence-electron chi connectivity index (χ0n) is 13.5. The van der Waals surface area contributed by atoms with Crippen molar-refractivity contribution < 1.29 is 9.84 Å². The molecule has 1 N–H and O–H groups in total. The van der Waals surface area contributed by atoms with E-state index in [1.807, 2.05) is 91.0 Å². The Hall–Kier alpha value is -2.58. The SMILES string of the molecule is CC(C)(O)c1ccccc1.c1ccc(Oc2ccccc2)cc1. The largest absolute Gasteiger partial charge is 0.457 e. The van der Waals surface area contributed by atoms with Gasteiger partial charge in [0, 0.05) is 0 Å². The van der Waals surface area contributed by atoms with Crippen LogP contribution in [0.5, 0.6) is 11.5 Å². The van der Waals surface area contributed by atoms with Crippen LogP contribution in [0, 0.1) is 0 Å². The molecule has 0 heterocycles. The third kappa shape index (κ3) is 5.97. The number of hydrogen-bond acceptors (Lipinski definition) is 2. The van der Waals surface area contributed by atoms with E-state index in [-0.39, 0.29) is 0 Å². The molecule has 0 amide bonds. The topological polar surface area (TPSA) is 29.5 Å². The summed E-state index contributed by atoms with van der Waals surface area (Å²) in [5.41, 5.74) is 0.247. The summed E-state index contributed by atoms with van der Waals surface area (Å²) in [5, 5.41) is 9.49. The smallest absolute Gasteiger partial charge is 0.127 e. The van der Waals surface area contributed by atoms with E-state index in [0.29, 0.717) is 0 Å². The first-order chi connectivity index (χ1) is 11.1. The molecular weight excluding hydrogens is 284 g/mol. The Morgan fingerprint density at radius 3 is 1.26 bits per heavy atom. The number of para-hydroxylation sites is 2. The van der Waals surface area contributed by atoms with E-state index < -0.39 is 5.60 Å². The molecule has 0 aliphatic carbocycles. The van der Waals surface area contributed by atoms with Gasteiger partial charge in [0.25, 0.3) is 0 Å².